The van der Waals surface area contributed by atoms with Crippen LogP contribution in [0.15, 0.2) is 108 Å². The predicted octanol–water partition coefficient (Wildman–Crippen LogP) is 7.05. The van der Waals surface area contributed by atoms with Crippen molar-refractivity contribution in [2.75, 3.05) is 0 Å². The van der Waals surface area contributed by atoms with Crippen LogP contribution in [0.2, 0.25) is 0 Å². The van der Waals surface area contributed by atoms with E-state index in [4.69, 9.17) is 0 Å². The smallest absolute Gasteiger partial charge is 0.0773 e. The van der Waals surface area contributed by atoms with Crippen molar-refractivity contribution in [2.45, 2.75) is 54.4 Å². The second-order valence-electron chi connectivity index (χ2n) is 11.2. The Balaban J connectivity index is 1.82. The highest BCUT2D eigenvalue weighted by atomic mass is 28.3. The molecular weight excluding hydrogens is 460 g/mol. The molecule has 4 aromatic carbocycles. The summed E-state index contributed by atoms with van der Waals surface area (Å²) >= 11 is 0. The van der Waals surface area contributed by atoms with Crippen molar-refractivity contribution >= 4 is 23.6 Å². The van der Waals surface area contributed by atoms with Gasteiger partial charge in [-0.15, -0.1) is 0 Å². The Kier molecular flexibility index (Phi) is 6.92. The van der Waals surface area contributed by atoms with Crippen LogP contribution in [0.1, 0.15) is 45.4 Å². The molecule has 186 valence electrons. The third-order valence-corrected chi connectivity index (χ3v) is 12.4. The number of rotatable bonds is 6. The lowest BCUT2D eigenvalue weighted by Crippen LogP contribution is -2.69. The Labute approximate surface area is 224 Å². The molecule has 0 fully saturated rings. The van der Waals surface area contributed by atoms with Gasteiger partial charge in [-0.05, 0) is 81.1 Å². The fraction of sp³-hybridized carbons (Fsp3) is 0.222. The molecule has 0 spiro atoms. The Morgan fingerprint density at radius 3 is 1.35 bits per heavy atom. The fourth-order valence-electron chi connectivity index (χ4n) is 6.43. The van der Waals surface area contributed by atoms with Crippen LogP contribution in [0.4, 0.5) is 0 Å². The zero-order chi connectivity index (χ0) is 26.2. The maximum absolute atomic E-state index is 2.56. The SMILES string of the molecule is Cc1cc(C)cc([Si](C2=CC(Cc3ccccc3)=CC2)(c2cc(C)cc(C)c2)c2cc(C)cc(C)c2)c1. The normalized spacial score (nSPS) is 13.5. The summed E-state index contributed by atoms with van der Waals surface area (Å²) < 4.78 is 0. The Morgan fingerprint density at radius 1 is 0.541 bits per heavy atom. The van der Waals surface area contributed by atoms with Crippen LogP contribution in [0, 0.1) is 41.5 Å². The van der Waals surface area contributed by atoms with Crippen LogP contribution < -0.4 is 15.6 Å². The summed E-state index contributed by atoms with van der Waals surface area (Å²) in [5.74, 6) is 0. The van der Waals surface area contributed by atoms with E-state index in [1.165, 1.54) is 60.1 Å². The summed E-state index contributed by atoms with van der Waals surface area (Å²) in [5.41, 5.74) is 10.9. The number of benzene rings is 4. The third kappa shape index (κ3) is 5.06. The Morgan fingerprint density at radius 2 is 0.946 bits per heavy atom. The fourth-order valence-corrected chi connectivity index (χ4v) is 12.0. The minimum atomic E-state index is -2.53. The van der Waals surface area contributed by atoms with Crippen molar-refractivity contribution in [1.29, 1.82) is 0 Å². The molecule has 5 rings (SSSR count). The van der Waals surface area contributed by atoms with Gasteiger partial charge in [0.05, 0.1) is 0 Å². The first-order chi connectivity index (χ1) is 17.7. The van der Waals surface area contributed by atoms with Gasteiger partial charge < -0.3 is 0 Å². The van der Waals surface area contributed by atoms with Crippen LogP contribution >= 0.6 is 0 Å². The zero-order valence-corrected chi connectivity index (χ0v) is 24.2. The summed E-state index contributed by atoms with van der Waals surface area (Å²) in [6.45, 7) is 13.5. The largest absolute Gasteiger partial charge is 0.176 e. The molecule has 1 aliphatic rings. The van der Waals surface area contributed by atoms with E-state index in [-0.39, 0.29) is 0 Å². The van der Waals surface area contributed by atoms with Crippen LogP contribution in [0.3, 0.4) is 0 Å². The molecule has 0 radical (unpaired) electrons. The lowest BCUT2D eigenvalue weighted by Gasteiger charge is -2.37. The molecule has 0 aliphatic heterocycles. The molecule has 4 aromatic rings. The van der Waals surface area contributed by atoms with Crippen LogP contribution in [-0.4, -0.2) is 8.07 Å². The van der Waals surface area contributed by atoms with Crippen LogP contribution in [-0.2, 0) is 6.42 Å². The van der Waals surface area contributed by atoms with Crippen LogP contribution in [0.5, 0.6) is 0 Å². The minimum Gasteiger partial charge on any atom is -0.0773 e. The topological polar surface area (TPSA) is 0 Å². The minimum absolute atomic E-state index is 0.987. The van der Waals surface area contributed by atoms with Gasteiger partial charge in [0, 0.05) is 0 Å². The van der Waals surface area contributed by atoms with Crippen molar-refractivity contribution < 1.29 is 0 Å². The lowest BCUT2D eigenvalue weighted by molar-refractivity contribution is 1.20. The average molecular weight is 499 g/mol. The van der Waals surface area contributed by atoms with E-state index >= 15 is 0 Å². The number of aryl methyl sites for hydroxylation is 6. The zero-order valence-electron chi connectivity index (χ0n) is 23.2. The number of hydrogen-bond acceptors (Lipinski definition) is 0. The standard InChI is InChI=1S/C36H38Si/c1-25-14-26(2)18-34(17-25)37(35-19-27(3)15-28(4)20-35,36-21-29(5)16-30(6)22-36)33-13-12-32(24-33)23-31-10-8-7-9-11-31/h7-12,14-22,24H,13,23H2,1-6H3. The molecule has 0 nitrogen and oxygen atoms in total. The maximum atomic E-state index is 2.56. The highest BCUT2D eigenvalue weighted by molar-refractivity contribution is 7.16. The predicted molar refractivity (Wildman–Crippen MR) is 163 cm³/mol. The second-order valence-corrected chi connectivity index (χ2v) is 15.1. The van der Waals surface area contributed by atoms with Gasteiger partial charge in [-0.3, -0.25) is 0 Å². The summed E-state index contributed by atoms with van der Waals surface area (Å²) in [6, 6.07) is 32.7. The molecular formula is C36H38Si. The van der Waals surface area contributed by atoms with Gasteiger partial charge in [0.15, 0.2) is 8.07 Å². The Bertz CT molecular complexity index is 1330. The van der Waals surface area contributed by atoms with Crippen molar-refractivity contribution in [3.8, 4) is 0 Å². The van der Waals surface area contributed by atoms with Crippen molar-refractivity contribution in [2.24, 2.45) is 0 Å². The maximum Gasteiger partial charge on any atom is 0.176 e. The highest BCUT2D eigenvalue weighted by Crippen LogP contribution is 2.30. The van der Waals surface area contributed by atoms with Crippen LogP contribution in [0.25, 0.3) is 0 Å². The molecule has 37 heavy (non-hydrogen) atoms. The summed E-state index contributed by atoms with van der Waals surface area (Å²) in [5, 5.41) is 6.10. The van der Waals surface area contributed by atoms with E-state index in [0.717, 1.165) is 12.8 Å². The quantitative estimate of drug-likeness (QED) is 0.197. The average Bonchev–Trinajstić information content (AvgIpc) is 3.27. The van der Waals surface area contributed by atoms with Crippen molar-refractivity contribution in [3.05, 3.63) is 147 Å². The van der Waals surface area contributed by atoms with Gasteiger partial charge in [0.1, 0.15) is 0 Å². The van der Waals surface area contributed by atoms with Gasteiger partial charge in [-0.1, -0.05) is 136 Å². The molecule has 0 bridgehead atoms. The number of hydrogen-bond donors (Lipinski definition) is 0. The molecule has 0 heterocycles. The molecule has 0 amide bonds. The first-order valence-corrected chi connectivity index (χ1v) is 15.4. The van der Waals surface area contributed by atoms with Gasteiger partial charge in [-0.2, -0.15) is 0 Å². The van der Waals surface area contributed by atoms with E-state index in [9.17, 15) is 0 Å². The van der Waals surface area contributed by atoms with Gasteiger partial charge in [0.2, 0.25) is 0 Å². The summed E-state index contributed by atoms with van der Waals surface area (Å²) in [4.78, 5) is 0. The molecule has 0 aromatic heterocycles. The molecule has 0 atom stereocenters. The monoisotopic (exact) mass is 498 g/mol. The van der Waals surface area contributed by atoms with Gasteiger partial charge in [-0.25, -0.2) is 0 Å². The van der Waals surface area contributed by atoms with Gasteiger partial charge in [0.25, 0.3) is 0 Å². The lowest BCUT2D eigenvalue weighted by atomic mass is 10.1. The first kappa shape index (κ1) is 25.2. The molecule has 1 aliphatic carbocycles. The summed E-state index contributed by atoms with van der Waals surface area (Å²) in [6.07, 6.45) is 7.05. The summed E-state index contributed by atoms with van der Waals surface area (Å²) in [7, 11) is -2.53. The van der Waals surface area contributed by atoms with Crippen molar-refractivity contribution in [3.63, 3.8) is 0 Å². The van der Waals surface area contributed by atoms with Crippen molar-refractivity contribution in [1.82, 2.24) is 0 Å². The second kappa shape index (κ2) is 10.1. The van der Waals surface area contributed by atoms with Gasteiger partial charge >= 0.3 is 0 Å². The van der Waals surface area contributed by atoms with E-state index < -0.39 is 8.07 Å². The van der Waals surface area contributed by atoms with E-state index in [1.54, 1.807) is 5.20 Å². The molecule has 0 saturated carbocycles. The molecule has 0 N–H and O–H groups in total. The van der Waals surface area contributed by atoms with E-state index in [1.807, 2.05) is 0 Å². The molecule has 0 saturated heterocycles. The third-order valence-electron chi connectivity index (χ3n) is 7.64. The Hall–Kier alpha value is -3.42. The first-order valence-electron chi connectivity index (χ1n) is 13.4. The molecule has 0 unspecified atom stereocenters. The highest BCUT2D eigenvalue weighted by Gasteiger charge is 2.44. The number of allylic oxidation sites excluding steroid dienone is 4. The van der Waals surface area contributed by atoms with E-state index in [2.05, 4.69) is 139 Å². The van der Waals surface area contributed by atoms with E-state index in [0.29, 0.717) is 0 Å². The molecule has 1 heteroatoms.